The van der Waals surface area contributed by atoms with E-state index < -0.39 is 63.9 Å². The minimum Gasteiger partial charge on any atom is -0.494 e. The second-order valence-corrected chi connectivity index (χ2v) is 17.2. The quantitative estimate of drug-likeness (QED) is 0.168. The lowest BCUT2D eigenvalue weighted by Gasteiger charge is -2.63. The molecule has 1 aromatic heterocycles. The summed E-state index contributed by atoms with van der Waals surface area (Å²) >= 11 is 0. The number of nitrogens with zero attached hydrogens (tertiary/aromatic N) is 5. The van der Waals surface area contributed by atoms with E-state index in [-0.39, 0.29) is 41.7 Å². The van der Waals surface area contributed by atoms with Crippen LogP contribution < -0.4 is 25.0 Å². The Balaban J connectivity index is 0.817. The first-order valence-corrected chi connectivity index (χ1v) is 20.4. The second kappa shape index (κ2) is 16.8. The average molecular weight is 844 g/mol. The highest BCUT2D eigenvalue weighted by Crippen LogP contribution is 2.55. The van der Waals surface area contributed by atoms with Crippen LogP contribution in [0.3, 0.4) is 0 Å². The molecule has 3 aromatic rings. The molecule has 4 heterocycles. The predicted octanol–water partition coefficient (Wildman–Crippen LogP) is 5.36. The van der Waals surface area contributed by atoms with Crippen molar-refractivity contribution in [2.75, 3.05) is 44.2 Å². The third-order valence-electron chi connectivity index (χ3n) is 12.3. The molecule has 5 amide bonds. The monoisotopic (exact) mass is 843 g/mol. The molecule has 0 bridgehead atoms. The number of carbonyl (C=O) groups is 5. The number of hydrogen-bond acceptors (Lipinski definition) is 11. The van der Waals surface area contributed by atoms with Crippen LogP contribution in [-0.2, 0) is 15.8 Å². The van der Waals surface area contributed by atoms with Gasteiger partial charge in [-0.15, -0.1) is 0 Å². The number of imide groups is 2. The van der Waals surface area contributed by atoms with Crippen molar-refractivity contribution >= 4 is 35.4 Å². The SMILES string of the molecule is CC1(C)[C@H](NC(=O)c2ccc(N3CCN(CCCCCOc4ccc5c(c4)C(=O)N(C4CCC(=O)NC4=O)C5=O)CC3)nc2)C(C)(C)[C@H]1Oc1ccc(C#N)c(C(F)(F)F)c1. The van der Waals surface area contributed by atoms with E-state index in [4.69, 9.17) is 14.7 Å². The molecule has 3 aliphatic heterocycles. The van der Waals surface area contributed by atoms with E-state index >= 15 is 0 Å². The highest BCUT2D eigenvalue weighted by Gasteiger charge is 2.64. The molecule has 2 N–H and O–H groups in total. The summed E-state index contributed by atoms with van der Waals surface area (Å²) < 4.78 is 52.7. The number of pyridine rings is 1. The molecule has 61 heavy (non-hydrogen) atoms. The normalized spacial score (nSPS) is 22.2. The van der Waals surface area contributed by atoms with Gasteiger partial charge in [-0.1, -0.05) is 27.7 Å². The Bertz CT molecular complexity index is 2250. The van der Waals surface area contributed by atoms with Crippen LogP contribution >= 0.6 is 0 Å². The zero-order chi connectivity index (χ0) is 43.9. The number of anilines is 1. The van der Waals surface area contributed by atoms with Crippen LogP contribution in [0, 0.1) is 22.2 Å². The highest BCUT2D eigenvalue weighted by atomic mass is 19.4. The summed E-state index contributed by atoms with van der Waals surface area (Å²) in [5, 5.41) is 14.4. The number of amides is 5. The lowest BCUT2D eigenvalue weighted by atomic mass is 9.49. The molecular formula is C44H48F3N7O7. The summed E-state index contributed by atoms with van der Waals surface area (Å²) in [7, 11) is 0. The zero-order valence-corrected chi connectivity index (χ0v) is 34.4. The molecule has 4 aliphatic rings. The summed E-state index contributed by atoms with van der Waals surface area (Å²) in [6.45, 7) is 12.2. The van der Waals surface area contributed by atoms with Crippen molar-refractivity contribution in [3.05, 3.63) is 82.5 Å². The molecule has 1 aliphatic carbocycles. The summed E-state index contributed by atoms with van der Waals surface area (Å²) in [4.78, 5) is 73.4. The Labute approximate surface area is 351 Å². The van der Waals surface area contributed by atoms with Crippen molar-refractivity contribution in [2.24, 2.45) is 10.8 Å². The lowest BCUT2D eigenvalue weighted by molar-refractivity contribution is -0.164. The lowest BCUT2D eigenvalue weighted by Crippen LogP contribution is -2.74. The van der Waals surface area contributed by atoms with E-state index in [2.05, 4.69) is 25.4 Å². The Hall–Kier alpha value is -6.02. The number of fused-ring (bicyclic) bond motifs is 1. The molecule has 0 spiro atoms. The van der Waals surface area contributed by atoms with Gasteiger partial charge in [0.1, 0.15) is 29.5 Å². The fourth-order valence-electron chi connectivity index (χ4n) is 9.33. The number of hydrogen-bond donors (Lipinski definition) is 2. The first kappa shape index (κ1) is 43.1. The smallest absolute Gasteiger partial charge is 0.417 e. The first-order chi connectivity index (χ1) is 28.9. The number of piperidine rings is 1. The first-order valence-electron chi connectivity index (χ1n) is 20.4. The van der Waals surface area contributed by atoms with Gasteiger partial charge >= 0.3 is 6.18 Å². The number of nitrogens with one attached hydrogen (secondary N) is 2. The average Bonchev–Trinajstić information content (AvgIpc) is 3.47. The third-order valence-corrected chi connectivity index (χ3v) is 12.3. The number of rotatable bonds is 13. The van der Waals surface area contributed by atoms with Crippen molar-refractivity contribution in [1.29, 1.82) is 5.26 Å². The van der Waals surface area contributed by atoms with Gasteiger partial charge < -0.3 is 19.7 Å². The third kappa shape index (κ3) is 8.63. The Kier molecular flexibility index (Phi) is 11.9. The van der Waals surface area contributed by atoms with E-state index in [1.807, 2.05) is 33.8 Å². The van der Waals surface area contributed by atoms with Crippen LogP contribution in [0.25, 0.3) is 0 Å². The molecule has 7 rings (SSSR count). The number of unbranched alkanes of at least 4 members (excludes halogenated alkanes) is 2. The van der Waals surface area contributed by atoms with Crippen molar-refractivity contribution in [3.63, 3.8) is 0 Å². The maximum Gasteiger partial charge on any atom is 0.417 e. The van der Waals surface area contributed by atoms with E-state index in [1.165, 1.54) is 18.2 Å². The summed E-state index contributed by atoms with van der Waals surface area (Å²) in [5.74, 6) is -1.27. The Morgan fingerprint density at radius 1 is 0.918 bits per heavy atom. The summed E-state index contributed by atoms with van der Waals surface area (Å²) in [6.07, 6.45) is -0.827. The standard InChI is InChI=1S/C44H48F3N7O7/c1-42(2)40(43(3,4)41(42)61-29-10-8-26(24-48)32(23-29)44(45,46)47)51-36(56)27-9-14-34(49-25-27)53-19-17-52(18-20-53)16-6-5-7-21-60-28-11-12-30-31(22-28)39(59)54(38(30)58)33-13-15-35(55)50-37(33)57/h8-12,14,22-23,25,33,40-41H,5-7,13,15-21H2,1-4H3,(H,51,56)(H,50,55,57)/t33?,40-,41-. The van der Waals surface area contributed by atoms with E-state index in [0.717, 1.165) is 74.8 Å². The molecule has 1 saturated carbocycles. The topological polar surface area (TPSA) is 174 Å². The van der Waals surface area contributed by atoms with Crippen LogP contribution in [-0.4, -0.2) is 102 Å². The Morgan fingerprint density at radius 3 is 2.28 bits per heavy atom. The molecule has 0 radical (unpaired) electrons. The number of piperazine rings is 1. The van der Waals surface area contributed by atoms with Crippen LogP contribution in [0.5, 0.6) is 11.5 Å². The molecule has 17 heteroatoms. The summed E-state index contributed by atoms with van der Waals surface area (Å²) in [6, 6.07) is 11.8. The molecule has 2 saturated heterocycles. The van der Waals surface area contributed by atoms with Crippen molar-refractivity contribution in [2.45, 2.75) is 84.2 Å². The maximum atomic E-state index is 13.6. The van der Waals surface area contributed by atoms with Gasteiger partial charge in [0.05, 0.1) is 40.5 Å². The number of benzene rings is 2. The van der Waals surface area contributed by atoms with Crippen molar-refractivity contribution in [1.82, 2.24) is 25.4 Å². The molecule has 322 valence electrons. The number of aromatic nitrogens is 1. The zero-order valence-electron chi connectivity index (χ0n) is 34.4. The van der Waals surface area contributed by atoms with Crippen molar-refractivity contribution < 1.29 is 46.6 Å². The van der Waals surface area contributed by atoms with E-state index in [1.54, 1.807) is 24.4 Å². The van der Waals surface area contributed by atoms with Gasteiger partial charge in [-0.05, 0) is 80.8 Å². The second-order valence-electron chi connectivity index (χ2n) is 17.2. The molecule has 3 fully saturated rings. The summed E-state index contributed by atoms with van der Waals surface area (Å²) in [5.41, 5.74) is -2.01. The van der Waals surface area contributed by atoms with Gasteiger partial charge in [0, 0.05) is 55.7 Å². The number of carbonyl (C=O) groups excluding carboxylic acids is 5. The molecular weight excluding hydrogens is 796 g/mol. The van der Waals surface area contributed by atoms with E-state index in [9.17, 15) is 37.1 Å². The van der Waals surface area contributed by atoms with Gasteiger partial charge in [-0.25, -0.2) is 4.98 Å². The number of halogens is 3. The molecule has 1 atom stereocenters. The van der Waals surface area contributed by atoms with Crippen LogP contribution in [0.4, 0.5) is 19.0 Å². The molecule has 2 aromatic carbocycles. The van der Waals surface area contributed by atoms with Gasteiger partial charge in [-0.3, -0.25) is 39.1 Å². The van der Waals surface area contributed by atoms with Gasteiger partial charge in [-0.2, -0.15) is 18.4 Å². The van der Waals surface area contributed by atoms with Gasteiger partial charge in [0.25, 0.3) is 17.7 Å². The minimum atomic E-state index is -4.71. The Morgan fingerprint density at radius 2 is 1.62 bits per heavy atom. The minimum absolute atomic E-state index is 0.00350. The number of ether oxygens (including phenoxy) is 2. The van der Waals surface area contributed by atoms with Gasteiger partial charge in [0.2, 0.25) is 11.8 Å². The molecule has 14 nitrogen and oxygen atoms in total. The maximum absolute atomic E-state index is 13.6. The van der Waals surface area contributed by atoms with Crippen molar-refractivity contribution in [3.8, 4) is 17.6 Å². The number of nitriles is 1. The van der Waals surface area contributed by atoms with Crippen LogP contribution in [0.2, 0.25) is 0 Å². The predicted molar refractivity (Wildman–Crippen MR) is 215 cm³/mol. The van der Waals surface area contributed by atoms with Crippen LogP contribution in [0.15, 0.2) is 54.7 Å². The fourth-order valence-corrected chi connectivity index (χ4v) is 9.33. The van der Waals surface area contributed by atoms with Crippen LogP contribution in [0.1, 0.15) is 102 Å². The fraction of sp³-hybridized carbons (Fsp3) is 0.477. The van der Waals surface area contributed by atoms with Gasteiger partial charge in [0.15, 0.2) is 0 Å². The largest absolute Gasteiger partial charge is 0.494 e. The number of alkyl halides is 3. The highest BCUT2D eigenvalue weighted by molar-refractivity contribution is 6.23. The molecule has 1 unspecified atom stereocenters. The van der Waals surface area contributed by atoms with E-state index in [0.29, 0.717) is 17.9 Å².